The highest BCUT2D eigenvalue weighted by Gasteiger charge is 1.98. The van der Waals surface area contributed by atoms with Gasteiger partial charge in [-0.05, 0) is 18.1 Å². The van der Waals surface area contributed by atoms with Gasteiger partial charge in [0.15, 0.2) is 0 Å². The zero-order valence-electron chi connectivity index (χ0n) is 6.64. The number of nitrogens with one attached hydrogen (secondary N) is 1. The number of allylic oxidation sites excluding steroid dienone is 4. The highest BCUT2D eigenvalue weighted by atomic mass is 14.9. The van der Waals surface area contributed by atoms with Gasteiger partial charge < -0.3 is 5.32 Å². The molecule has 0 aromatic carbocycles. The van der Waals surface area contributed by atoms with Crippen LogP contribution in [0.5, 0.6) is 0 Å². The van der Waals surface area contributed by atoms with Crippen molar-refractivity contribution in [2.24, 2.45) is 0 Å². The molecule has 0 unspecified atom stereocenters. The summed E-state index contributed by atoms with van der Waals surface area (Å²) in [7, 11) is 0. The maximum atomic E-state index is 3.73. The van der Waals surface area contributed by atoms with E-state index in [2.05, 4.69) is 30.6 Å². The Morgan fingerprint density at radius 2 is 2.18 bits per heavy atom. The van der Waals surface area contributed by atoms with Crippen LogP contribution >= 0.6 is 0 Å². The molecule has 1 aliphatic rings. The molecule has 11 heavy (non-hydrogen) atoms. The molecule has 0 radical (unpaired) electrons. The van der Waals surface area contributed by atoms with Gasteiger partial charge in [0.05, 0.1) is 0 Å². The smallest absolute Gasteiger partial charge is 0.0407 e. The Hall–Kier alpha value is -1.24. The van der Waals surface area contributed by atoms with Crippen molar-refractivity contribution in [2.45, 2.75) is 6.42 Å². The maximum Gasteiger partial charge on any atom is 0.0407 e. The molecule has 0 atom stereocenters. The highest BCUT2D eigenvalue weighted by Crippen LogP contribution is 2.09. The van der Waals surface area contributed by atoms with Crippen LogP contribution in [0.2, 0.25) is 0 Å². The summed E-state index contributed by atoms with van der Waals surface area (Å²) in [6, 6.07) is 0. The van der Waals surface area contributed by atoms with Gasteiger partial charge in [-0.25, -0.2) is 0 Å². The van der Waals surface area contributed by atoms with E-state index in [1.165, 1.54) is 0 Å². The van der Waals surface area contributed by atoms with Gasteiger partial charge in [-0.3, -0.25) is 0 Å². The first kappa shape index (κ1) is 7.86. The van der Waals surface area contributed by atoms with Gasteiger partial charge in [-0.15, -0.1) is 0 Å². The van der Waals surface area contributed by atoms with Crippen LogP contribution in [0.1, 0.15) is 6.42 Å². The average molecular weight is 147 g/mol. The molecule has 1 N–H and O–H groups in total. The van der Waals surface area contributed by atoms with E-state index in [9.17, 15) is 0 Å². The largest absolute Gasteiger partial charge is 0.384 e. The standard InChI is InChI=1S/C10H13N/c1-3-9-7-5-6-8-11-10(9)4-2/h3-5,7,11H,1-2,6,8H2. The Morgan fingerprint density at radius 3 is 2.82 bits per heavy atom. The van der Waals surface area contributed by atoms with Crippen molar-refractivity contribution >= 4 is 0 Å². The van der Waals surface area contributed by atoms with Crippen LogP contribution in [-0.2, 0) is 0 Å². The van der Waals surface area contributed by atoms with Gasteiger partial charge in [0.25, 0.3) is 0 Å². The van der Waals surface area contributed by atoms with Crippen LogP contribution in [-0.4, -0.2) is 6.54 Å². The zero-order valence-corrected chi connectivity index (χ0v) is 6.64. The van der Waals surface area contributed by atoms with Crippen molar-refractivity contribution in [2.75, 3.05) is 6.54 Å². The maximum absolute atomic E-state index is 3.73. The molecular weight excluding hydrogens is 134 g/mol. The van der Waals surface area contributed by atoms with Gasteiger partial charge in [0, 0.05) is 12.2 Å². The minimum Gasteiger partial charge on any atom is -0.384 e. The van der Waals surface area contributed by atoms with E-state index in [0.29, 0.717) is 0 Å². The van der Waals surface area contributed by atoms with E-state index in [0.717, 1.165) is 24.2 Å². The van der Waals surface area contributed by atoms with Crippen molar-refractivity contribution in [1.82, 2.24) is 5.32 Å². The topological polar surface area (TPSA) is 12.0 Å². The van der Waals surface area contributed by atoms with E-state index in [4.69, 9.17) is 0 Å². The summed E-state index contributed by atoms with van der Waals surface area (Å²) in [6.07, 6.45) is 8.94. The summed E-state index contributed by atoms with van der Waals surface area (Å²) < 4.78 is 0. The van der Waals surface area contributed by atoms with Crippen LogP contribution in [0.4, 0.5) is 0 Å². The van der Waals surface area contributed by atoms with Crippen molar-refractivity contribution < 1.29 is 0 Å². The molecule has 1 heteroatoms. The molecule has 0 saturated heterocycles. The normalized spacial score (nSPS) is 17.1. The molecule has 1 nitrogen and oxygen atoms in total. The lowest BCUT2D eigenvalue weighted by atomic mass is 10.2. The van der Waals surface area contributed by atoms with Crippen LogP contribution in [0.3, 0.4) is 0 Å². The summed E-state index contributed by atoms with van der Waals surface area (Å²) >= 11 is 0. The van der Waals surface area contributed by atoms with Gasteiger partial charge in [-0.2, -0.15) is 0 Å². The van der Waals surface area contributed by atoms with Crippen LogP contribution in [0.15, 0.2) is 48.7 Å². The second-order valence-electron chi connectivity index (χ2n) is 2.40. The summed E-state index contributed by atoms with van der Waals surface area (Å²) in [5.41, 5.74) is 2.20. The second-order valence-corrected chi connectivity index (χ2v) is 2.40. The molecule has 1 rings (SSSR count). The van der Waals surface area contributed by atoms with E-state index < -0.39 is 0 Å². The Labute approximate surface area is 67.8 Å². The molecule has 58 valence electrons. The molecule has 0 bridgehead atoms. The Balaban J connectivity index is 2.93. The monoisotopic (exact) mass is 147 g/mol. The zero-order chi connectivity index (χ0) is 8.10. The van der Waals surface area contributed by atoms with E-state index in [1.54, 1.807) is 0 Å². The van der Waals surface area contributed by atoms with E-state index >= 15 is 0 Å². The molecule has 0 amide bonds. The number of hydrogen-bond acceptors (Lipinski definition) is 1. The Morgan fingerprint density at radius 1 is 1.36 bits per heavy atom. The lowest BCUT2D eigenvalue weighted by Crippen LogP contribution is -2.12. The number of rotatable bonds is 2. The minimum atomic E-state index is 0.981. The van der Waals surface area contributed by atoms with Crippen molar-refractivity contribution in [1.29, 1.82) is 0 Å². The Kier molecular flexibility index (Phi) is 2.73. The van der Waals surface area contributed by atoms with Crippen molar-refractivity contribution in [3.05, 3.63) is 48.7 Å². The second kappa shape index (κ2) is 3.81. The summed E-state index contributed by atoms with van der Waals surface area (Å²) in [4.78, 5) is 0. The SMILES string of the molecule is C=CC1=C(C=C)NCCC=C1. The fraction of sp³-hybridized carbons (Fsp3) is 0.200. The molecule has 0 aromatic rings. The van der Waals surface area contributed by atoms with Gasteiger partial charge >= 0.3 is 0 Å². The molecule has 0 aromatic heterocycles. The molecule has 1 aliphatic heterocycles. The lowest BCUT2D eigenvalue weighted by Gasteiger charge is -2.04. The molecule has 0 spiro atoms. The number of hydrogen-bond donors (Lipinski definition) is 1. The third-order valence-corrected chi connectivity index (χ3v) is 1.66. The summed E-state index contributed by atoms with van der Waals surface area (Å²) in [5, 5.41) is 3.26. The fourth-order valence-electron chi connectivity index (χ4n) is 1.06. The fourth-order valence-corrected chi connectivity index (χ4v) is 1.06. The predicted molar refractivity (Wildman–Crippen MR) is 49.2 cm³/mol. The summed E-state index contributed by atoms with van der Waals surface area (Å²) in [5.74, 6) is 0. The molecule has 0 fully saturated rings. The van der Waals surface area contributed by atoms with Gasteiger partial charge in [0.1, 0.15) is 0 Å². The first-order chi connectivity index (χ1) is 5.38. The summed E-state index contributed by atoms with van der Waals surface area (Å²) in [6.45, 7) is 8.43. The quantitative estimate of drug-likeness (QED) is 0.631. The predicted octanol–water partition coefficient (Wildman–Crippen LogP) is 2.16. The first-order valence-corrected chi connectivity index (χ1v) is 3.78. The molecular formula is C10H13N. The average Bonchev–Trinajstić information content (AvgIpc) is 2.27. The third kappa shape index (κ3) is 1.84. The van der Waals surface area contributed by atoms with Crippen LogP contribution < -0.4 is 5.32 Å². The van der Waals surface area contributed by atoms with Crippen LogP contribution in [0, 0.1) is 0 Å². The van der Waals surface area contributed by atoms with Crippen LogP contribution in [0.25, 0.3) is 0 Å². The van der Waals surface area contributed by atoms with Crippen molar-refractivity contribution in [3.63, 3.8) is 0 Å². The van der Waals surface area contributed by atoms with E-state index in [1.807, 2.05) is 12.2 Å². The lowest BCUT2D eigenvalue weighted by molar-refractivity contribution is 0.827. The van der Waals surface area contributed by atoms with Gasteiger partial charge in [0.2, 0.25) is 0 Å². The molecule has 0 aliphatic carbocycles. The first-order valence-electron chi connectivity index (χ1n) is 3.78. The molecule has 0 saturated carbocycles. The third-order valence-electron chi connectivity index (χ3n) is 1.66. The van der Waals surface area contributed by atoms with E-state index in [-0.39, 0.29) is 0 Å². The Bertz CT molecular complexity index is 221. The minimum absolute atomic E-state index is 0.981. The van der Waals surface area contributed by atoms with Crippen molar-refractivity contribution in [3.8, 4) is 0 Å². The molecule has 1 heterocycles. The van der Waals surface area contributed by atoms with Gasteiger partial charge in [-0.1, -0.05) is 31.4 Å². The highest BCUT2D eigenvalue weighted by molar-refractivity contribution is 5.39.